The summed E-state index contributed by atoms with van der Waals surface area (Å²) >= 11 is 1.16. The van der Waals surface area contributed by atoms with E-state index >= 15 is 0 Å². The molecule has 0 atom stereocenters. The molecule has 4 rings (SSSR count). The maximum Gasteiger partial charge on any atom is 0.272 e. The first kappa shape index (κ1) is 18.6. The van der Waals surface area contributed by atoms with Gasteiger partial charge in [-0.05, 0) is 43.0 Å². The third-order valence-electron chi connectivity index (χ3n) is 4.78. The van der Waals surface area contributed by atoms with Crippen molar-refractivity contribution in [3.63, 3.8) is 0 Å². The van der Waals surface area contributed by atoms with E-state index in [1.165, 1.54) is 26.0 Å². The van der Waals surface area contributed by atoms with Crippen LogP contribution in [-0.2, 0) is 0 Å². The number of aromatic nitrogens is 4. The number of carbonyl (C=O) groups excluding carboxylic acids is 1. The largest absolute Gasteiger partial charge is 0.494 e. The highest BCUT2D eigenvalue weighted by atomic mass is 32.1. The van der Waals surface area contributed by atoms with Gasteiger partial charge in [0.15, 0.2) is 17.3 Å². The Balaban J connectivity index is 1.74. The summed E-state index contributed by atoms with van der Waals surface area (Å²) in [6.45, 7) is 0. The van der Waals surface area contributed by atoms with Crippen LogP contribution in [0.15, 0.2) is 12.1 Å². The van der Waals surface area contributed by atoms with Crippen LogP contribution in [0.3, 0.4) is 0 Å². The minimum atomic E-state index is -0.484. The lowest BCUT2D eigenvalue weighted by Crippen LogP contribution is -2.18. The Bertz CT molecular complexity index is 967. The average molecular weight is 405 g/mol. The Morgan fingerprint density at radius 2 is 2.07 bits per heavy atom. The number of benzene rings is 1. The van der Waals surface area contributed by atoms with Gasteiger partial charge in [-0.25, -0.2) is 4.39 Å². The summed E-state index contributed by atoms with van der Waals surface area (Å²) in [5.74, 6) is -0.285. The molecule has 0 bridgehead atoms. The van der Waals surface area contributed by atoms with Gasteiger partial charge in [0, 0.05) is 10.1 Å². The van der Waals surface area contributed by atoms with E-state index in [1.54, 1.807) is 6.07 Å². The number of anilines is 1. The van der Waals surface area contributed by atoms with E-state index in [2.05, 4.69) is 25.9 Å². The normalized spacial score (nSPS) is 15.4. The number of tetrazole rings is 1. The van der Waals surface area contributed by atoms with Gasteiger partial charge in [-0.3, -0.25) is 10.1 Å². The topological polar surface area (TPSA) is 102 Å². The van der Waals surface area contributed by atoms with E-state index < -0.39 is 11.7 Å². The predicted octanol–water partition coefficient (Wildman–Crippen LogP) is 3.92. The number of rotatable bonds is 5. The van der Waals surface area contributed by atoms with Gasteiger partial charge in [0.05, 0.1) is 13.2 Å². The summed E-state index contributed by atoms with van der Waals surface area (Å²) in [6.07, 6.45) is 6.45. The molecule has 0 radical (unpaired) electrons. The lowest BCUT2D eigenvalue weighted by Gasteiger charge is -2.17. The van der Waals surface area contributed by atoms with Crippen molar-refractivity contribution in [3.05, 3.63) is 22.8 Å². The molecule has 2 N–H and O–H groups in total. The lowest BCUT2D eigenvalue weighted by atomic mass is 10.1. The van der Waals surface area contributed by atoms with Crippen molar-refractivity contribution >= 4 is 33.3 Å². The van der Waals surface area contributed by atoms with Crippen molar-refractivity contribution in [1.29, 1.82) is 0 Å². The highest BCUT2D eigenvalue weighted by molar-refractivity contribution is 7.21. The molecule has 0 aliphatic heterocycles. The summed E-state index contributed by atoms with van der Waals surface area (Å²) in [4.78, 5) is 13.2. The van der Waals surface area contributed by atoms with Crippen LogP contribution in [0, 0.1) is 5.82 Å². The molecule has 2 heterocycles. The second-order valence-corrected chi connectivity index (χ2v) is 7.72. The van der Waals surface area contributed by atoms with Crippen LogP contribution >= 0.6 is 11.3 Å². The highest BCUT2D eigenvalue weighted by Gasteiger charge is 2.25. The number of halogens is 1. The number of ether oxygens (including phenoxy) is 2. The molecule has 10 heteroatoms. The molecule has 8 nitrogen and oxygen atoms in total. The van der Waals surface area contributed by atoms with Crippen LogP contribution in [0.1, 0.15) is 48.2 Å². The van der Waals surface area contributed by atoms with Gasteiger partial charge < -0.3 is 9.47 Å². The molecule has 1 aliphatic rings. The Kier molecular flexibility index (Phi) is 5.38. The maximum absolute atomic E-state index is 14.2. The van der Waals surface area contributed by atoms with Crippen LogP contribution in [0.25, 0.3) is 10.1 Å². The van der Waals surface area contributed by atoms with Crippen LogP contribution in [0.5, 0.6) is 11.5 Å². The molecular weight excluding hydrogens is 385 g/mol. The molecule has 1 aromatic carbocycles. The fourth-order valence-electron chi connectivity index (χ4n) is 3.40. The van der Waals surface area contributed by atoms with Gasteiger partial charge in [-0.15, -0.1) is 16.4 Å². The second kappa shape index (κ2) is 8.09. The smallest absolute Gasteiger partial charge is 0.272 e. The zero-order valence-electron chi connectivity index (χ0n) is 15.3. The zero-order chi connectivity index (χ0) is 19.5. The van der Waals surface area contributed by atoms with Crippen LogP contribution in [-0.4, -0.2) is 39.7 Å². The first-order chi connectivity index (χ1) is 13.7. The number of aromatic amines is 1. The van der Waals surface area contributed by atoms with E-state index in [0.29, 0.717) is 20.7 Å². The molecule has 1 amide bonds. The van der Waals surface area contributed by atoms with Gasteiger partial charge in [0.25, 0.3) is 11.9 Å². The number of nitrogens with zero attached hydrogens (tertiary/aromatic N) is 3. The Hall–Kier alpha value is -2.75. The van der Waals surface area contributed by atoms with Crippen molar-refractivity contribution in [2.75, 3.05) is 12.4 Å². The fraction of sp³-hybridized carbons (Fsp3) is 0.444. The molecule has 0 unspecified atom stereocenters. The number of hydrogen-bond donors (Lipinski definition) is 2. The fourth-order valence-corrected chi connectivity index (χ4v) is 4.44. The molecule has 0 spiro atoms. The van der Waals surface area contributed by atoms with Crippen LogP contribution < -0.4 is 14.8 Å². The number of hydrogen-bond acceptors (Lipinski definition) is 7. The molecule has 0 saturated heterocycles. The van der Waals surface area contributed by atoms with Gasteiger partial charge in [0.2, 0.25) is 0 Å². The van der Waals surface area contributed by atoms with E-state index in [1.807, 2.05) is 0 Å². The molecule has 28 heavy (non-hydrogen) atoms. The van der Waals surface area contributed by atoms with Crippen molar-refractivity contribution < 1.29 is 18.7 Å². The van der Waals surface area contributed by atoms with Crippen molar-refractivity contribution in [3.8, 4) is 11.5 Å². The highest BCUT2D eigenvalue weighted by Crippen LogP contribution is 2.42. The third-order valence-corrected chi connectivity index (χ3v) is 5.91. The predicted molar refractivity (Wildman–Crippen MR) is 103 cm³/mol. The number of nitrogens with one attached hydrogen (secondary N) is 2. The SMILES string of the molecule is COc1cc2c(OC3CCCCCC3)c(C(=O)Nc3nn[nH]n3)sc2cc1F. The molecule has 148 valence electrons. The van der Waals surface area contributed by atoms with Crippen LogP contribution in [0.4, 0.5) is 10.3 Å². The Labute approximate surface area is 164 Å². The first-order valence-corrected chi connectivity index (χ1v) is 9.99. The first-order valence-electron chi connectivity index (χ1n) is 9.17. The maximum atomic E-state index is 14.2. The standard InChI is InChI=1S/C18H20FN5O3S/c1-26-13-8-11-14(9-12(13)19)28-16(17(25)20-18-21-23-24-22-18)15(11)27-10-6-4-2-3-5-7-10/h8-10H,2-7H2,1H3,(H2,20,21,22,23,24,25). The summed E-state index contributed by atoms with van der Waals surface area (Å²) in [7, 11) is 1.41. The summed E-state index contributed by atoms with van der Waals surface area (Å²) in [5.41, 5.74) is 0. The van der Waals surface area contributed by atoms with Crippen molar-refractivity contribution in [2.45, 2.75) is 44.6 Å². The molecule has 1 aliphatic carbocycles. The van der Waals surface area contributed by atoms with Gasteiger partial charge in [0.1, 0.15) is 4.88 Å². The Morgan fingerprint density at radius 3 is 2.75 bits per heavy atom. The van der Waals surface area contributed by atoms with Gasteiger partial charge in [-0.2, -0.15) is 5.21 Å². The number of H-pyrrole nitrogens is 1. The second-order valence-electron chi connectivity index (χ2n) is 6.66. The average Bonchev–Trinajstić information content (AvgIpc) is 3.22. The number of thiophene rings is 1. The number of fused-ring (bicyclic) bond motifs is 1. The monoisotopic (exact) mass is 405 g/mol. The quantitative estimate of drug-likeness (QED) is 0.624. The molecule has 3 aromatic rings. The summed E-state index contributed by atoms with van der Waals surface area (Å²) in [6, 6.07) is 2.95. The number of amides is 1. The van der Waals surface area contributed by atoms with E-state index in [-0.39, 0.29) is 17.8 Å². The third kappa shape index (κ3) is 3.77. The van der Waals surface area contributed by atoms with E-state index in [4.69, 9.17) is 9.47 Å². The van der Waals surface area contributed by atoms with E-state index in [9.17, 15) is 9.18 Å². The molecular formula is C18H20FN5O3S. The minimum absolute atomic E-state index is 0.0214. The molecule has 2 aromatic heterocycles. The Morgan fingerprint density at radius 1 is 1.29 bits per heavy atom. The molecule has 1 saturated carbocycles. The summed E-state index contributed by atoms with van der Waals surface area (Å²) < 4.78 is 26.2. The van der Waals surface area contributed by atoms with Crippen molar-refractivity contribution in [1.82, 2.24) is 20.6 Å². The lowest BCUT2D eigenvalue weighted by molar-refractivity contribution is 0.102. The van der Waals surface area contributed by atoms with Crippen molar-refractivity contribution in [2.24, 2.45) is 0 Å². The summed E-state index contributed by atoms with van der Waals surface area (Å²) in [5, 5.41) is 16.4. The zero-order valence-corrected chi connectivity index (χ0v) is 16.1. The van der Waals surface area contributed by atoms with Gasteiger partial charge in [-0.1, -0.05) is 17.9 Å². The molecule has 1 fully saturated rings. The van der Waals surface area contributed by atoms with E-state index in [0.717, 1.165) is 37.0 Å². The number of carbonyl (C=O) groups is 1. The number of methoxy groups -OCH3 is 1. The van der Waals surface area contributed by atoms with Gasteiger partial charge >= 0.3 is 0 Å². The van der Waals surface area contributed by atoms with Crippen LogP contribution in [0.2, 0.25) is 0 Å². The minimum Gasteiger partial charge on any atom is -0.494 e.